The summed E-state index contributed by atoms with van der Waals surface area (Å²) in [5.41, 5.74) is 1.35. The van der Waals surface area contributed by atoms with E-state index in [0.717, 1.165) is 10.0 Å². The third kappa shape index (κ3) is 5.68. The van der Waals surface area contributed by atoms with Crippen molar-refractivity contribution < 1.29 is 23.8 Å². The minimum absolute atomic E-state index is 0.249. The number of halogens is 1. The number of rotatable bonds is 6. The van der Waals surface area contributed by atoms with Crippen molar-refractivity contribution in [2.45, 2.75) is 6.10 Å². The molecule has 2 aromatic rings. The minimum Gasteiger partial charge on any atom is -0.496 e. The molecule has 1 unspecified atom stereocenters. The first-order valence-electron chi connectivity index (χ1n) is 9.22. The summed E-state index contributed by atoms with van der Waals surface area (Å²) in [7, 11) is 1.56. The molecule has 0 saturated carbocycles. The number of benzene rings is 2. The molecule has 1 saturated heterocycles. The predicted octanol–water partition coefficient (Wildman–Crippen LogP) is 3.61. The molecule has 0 aromatic heterocycles. The van der Waals surface area contributed by atoms with Gasteiger partial charge >= 0.3 is 5.97 Å². The van der Waals surface area contributed by atoms with Crippen LogP contribution < -0.4 is 4.74 Å². The van der Waals surface area contributed by atoms with Crippen LogP contribution in [0.4, 0.5) is 0 Å². The first-order valence-corrected chi connectivity index (χ1v) is 10.0. The van der Waals surface area contributed by atoms with Gasteiger partial charge in [0.2, 0.25) is 6.10 Å². The molecule has 6 nitrogen and oxygen atoms in total. The fourth-order valence-electron chi connectivity index (χ4n) is 2.99. The summed E-state index contributed by atoms with van der Waals surface area (Å²) in [5, 5.41) is 0. The summed E-state index contributed by atoms with van der Waals surface area (Å²) in [4.78, 5) is 27.2. The van der Waals surface area contributed by atoms with Crippen molar-refractivity contribution >= 4 is 33.9 Å². The first kappa shape index (κ1) is 21.1. The Morgan fingerprint density at radius 1 is 1.14 bits per heavy atom. The fraction of sp³-hybridized carbons (Fsp3) is 0.273. The summed E-state index contributed by atoms with van der Waals surface area (Å²) < 4.78 is 17.0. The number of nitrogens with zero attached hydrogens (tertiary/aromatic N) is 1. The van der Waals surface area contributed by atoms with Crippen LogP contribution in [0.2, 0.25) is 0 Å². The maximum atomic E-state index is 13.0. The van der Waals surface area contributed by atoms with Crippen LogP contribution in [0.3, 0.4) is 0 Å². The number of carbonyl (C=O) groups excluding carboxylic acids is 2. The van der Waals surface area contributed by atoms with E-state index in [4.69, 9.17) is 14.2 Å². The van der Waals surface area contributed by atoms with Crippen LogP contribution in [-0.2, 0) is 19.1 Å². The summed E-state index contributed by atoms with van der Waals surface area (Å²) in [5.74, 6) is -0.231. The maximum Gasteiger partial charge on any atom is 0.331 e. The molecule has 0 aliphatic carbocycles. The van der Waals surface area contributed by atoms with Crippen molar-refractivity contribution in [3.05, 3.63) is 70.2 Å². The molecule has 1 heterocycles. The Morgan fingerprint density at radius 3 is 2.55 bits per heavy atom. The Bertz CT molecular complexity index is 878. The van der Waals surface area contributed by atoms with Gasteiger partial charge in [0.05, 0.1) is 20.3 Å². The molecule has 0 radical (unpaired) electrons. The fourth-order valence-corrected chi connectivity index (χ4v) is 3.37. The van der Waals surface area contributed by atoms with Gasteiger partial charge in [-0.3, -0.25) is 4.79 Å². The Labute approximate surface area is 178 Å². The van der Waals surface area contributed by atoms with Gasteiger partial charge in [-0.1, -0.05) is 46.3 Å². The SMILES string of the molecule is COc1ccc(Br)cc1C=CC(=O)OC(C(=O)N1CCOCC1)c1ccccc1. The number of amides is 1. The van der Waals surface area contributed by atoms with Gasteiger partial charge in [0.15, 0.2) is 0 Å². The molecule has 1 amide bonds. The van der Waals surface area contributed by atoms with Crippen LogP contribution >= 0.6 is 15.9 Å². The number of carbonyl (C=O) groups is 2. The lowest BCUT2D eigenvalue weighted by Gasteiger charge is -2.30. The Morgan fingerprint density at radius 2 is 1.86 bits per heavy atom. The Kier molecular flexibility index (Phi) is 7.43. The van der Waals surface area contributed by atoms with E-state index < -0.39 is 12.1 Å². The molecule has 29 heavy (non-hydrogen) atoms. The van der Waals surface area contributed by atoms with Crippen molar-refractivity contribution in [3.8, 4) is 5.75 Å². The van der Waals surface area contributed by atoms with Crippen LogP contribution in [0.1, 0.15) is 17.2 Å². The highest BCUT2D eigenvalue weighted by molar-refractivity contribution is 9.10. The lowest BCUT2D eigenvalue weighted by atomic mass is 10.1. The van der Waals surface area contributed by atoms with Crippen LogP contribution in [0, 0.1) is 0 Å². The van der Waals surface area contributed by atoms with Crippen LogP contribution in [0.15, 0.2) is 59.1 Å². The molecule has 1 fully saturated rings. The zero-order chi connectivity index (χ0) is 20.6. The summed E-state index contributed by atoms with van der Waals surface area (Å²) in [6, 6.07) is 14.5. The minimum atomic E-state index is -1.00. The topological polar surface area (TPSA) is 65.1 Å². The van der Waals surface area contributed by atoms with Crippen LogP contribution in [0.5, 0.6) is 5.75 Å². The number of hydrogen-bond acceptors (Lipinski definition) is 5. The highest BCUT2D eigenvalue weighted by Crippen LogP contribution is 2.25. The van der Waals surface area contributed by atoms with E-state index >= 15 is 0 Å². The molecule has 1 aliphatic rings. The number of esters is 1. The second-order valence-corrected chi connectivity index (χ2v) is 7.30. The van der Waals surface area contributed by atoms with E-state index in [0.29, 0.717) is 37.6 Å². The predicted molar refractivity (Wildman–Crippen MR) is 112 cm³/mol. The Balaban J connectivity index is 1.77. The monoisotopic (exact) mass is 459 g/mol. The molecule has 2 aromatic carbocycles. The normalized spacial score (nSPS) is 15.2. The molecular formula is C22H22BrNO5. The number of ether oxygens (including phenoxy) is 3. The summed E-state index contributed by atoms with van der Waals surface area (Å²) >= 11 is 3.40. The molecule has 1 atom stereocenters. The lowest BCUT2D eigenvalue weighted by Crippen LogP contribution is -2.44. The van der Waals surface area contributed by atoms with Gasteiger partial charge in [-0.15, -0.1) is 0 Å². The average molecular weight is 460 g/mol. The zero-order valence-corrected chi connectivity index (χ0v) is 17.6. The van der Waals surface area contributed by atoms with Gasteiger partial charge in [-0.25, -0.2) is 4.79 Å². The van der Waals surface area contributed by atoms with Crippen LogP contribution in [0.25, 0.3) is 6.08 Å². The van der Waals surface area contributed by atoms with E-state index in [1.807, 2.05) is 30.3 Å². The zero-order valence-electron chi connectivity index (χ0n) is 16.0. The highest BCUT2D eigenvalue weighted by Gasteiger charge is 2.30. The van der Waals surface area contributed by atoms with Gasteiger partial charge in [-0.2, -0.15) is 0 Å². The van der Waals surface area contributed by atoms with E-state index in [1.54, 1.807) is 36.3 Å². The van der Waals surface area contributed by atoms with Crippen LogP contribution in [-0.4, -0.2) is 50.2 Å². The third-order valence-corrected chi connectivity index (χ3v) is 4.97. The average Bonchev–Trinajstić information content (AvgIpc) is 2.77. The molecule has 1 aliphatic heterocycles. The number of hydrogen-bond donors (Lipinski definition) is 0. The highest BCUT2D eigenvalue weighted by atomic mass is 79.9. The van der Waals surface area contributed by atoms with Crippen molar-refractivity contribution in [2.24, 2.45) is 0 Å². The first-order chi connectivity index (χ1) is 14.1. The molecule has 0 N–H and O–H groups in total. The maximum absolute atomic E-state index is 13.0. The van der Waals surface area contributed by atoms with Crippen molar-refractivity contribution in [1.29, 1.82) is 0 Å². The third-order valence-electron chi connectivity index (χ3n) is 4.47. The molecule has 3 rings (SSSR count). The second kappa shape index (κ2) is 10.2. The molecular weight excluding hydrogens is 438 g/mol. The Hall–Kier alpha value is -2.64. The van der Waals surface area contributed by atoms with Gasteiger partial charge in [0.25, 0.3) is 5.91 Å². The number of morpholine rings is 1. The summed E-state index contributed by atoms with van der Waals surface area (Å²) in [6.45, 7) is 1.91. The van der Waals surface area contributed by atoms with E-state index in [9.17, 15) is 9.59 Å². The smallest absolute Gasteiger partial charge is 0.331 e. The lowest BCUT2D eigenvalue weighted by molar-refractivity contribution is -0.159. The van der Waals surface area contributed by atoms with Crippen molar-refractivity contribution in [1.82, 2.24) is 4.90 Å². The molecule has 0 spiro atoms. The van der Waals surface area contributed by atoms with Crippen molar-refractivity contribution in [3.63, 3.8) is 0 Å². The van der Waals surface area contributed by atoms with Gasteiger partial charge in [0.1, 0.15) is 5.75 Å². The summed E-state index contributed by atoms with van der Waals surface area (Å²) in [6.07, 6.45) is 1.90. The molecule has 152 valence electrons. The van der Waals surface area contributed by atoms with E-state index in [-0.39, 0.29) is 5.91 Å². The second-order valence-electron chi connectivity index (χ2n) is 6.38. The molecule has 7 heteroatoms. The molecule has 0 bridgehead atoms. The largest absolute Gasteiger partial charge is 0.496 e. The quantitative estimate of drug-likeness (QED) is 0.487. The van der Waals surface area contributed by atoms with Gasteiger partial charge in [0, 0.05) is 34.8 Å². The standard InChI is InChI=1S/C22H22BrNO5/c1-27-19-9-8-18(23)15-17(19)7-10-20(25)29-21(16-5-3-2-4-6-16)22(26)24-11-13-28-14-12-24/h2-10,15,21H,11-14H2,1H3. The van der Waals surface area contributed by atoms with Gasteiger partial charge < -0.3 is 19.1 Å². The van der Waals surface area contributed by atoms with E-state index in [1.165, 1.54) is 6.08 Å². The van der Waals surface area contributed by atoms with Crippen molar-refractivity contribution in [2.75, 3.05) is 33.4 Å². The van der Waals surface area contributed by atoms with Gasteiger partial charge in [-0.05, 0) is 24.3 Å². The number of methoxy groups -OCH3 is 1. The van der Waals surface area contributed by atoms with E-state index in [2.05, 4.69) is 15.9 Å².